The molecule has 1 fully saturated rings. The Hall–Kier alpha value is -1.98. The largest absolute Gasteiger partial charge is 0.325 e. The number of anilines is 1. The summed E-state index contributed by atoms with van der Waals surface area (Å²) in [5.74, 6) is -0.0645. The van der Waals surface area contributed by atoms with Gasteiger partial charge in [-0.15, -0.1) is 5.10 Å². The normalized spacial score (nSPS) is 15.4. The van der Waals surface area contributed by atoms with Crippen molar-refractivity contribution in [1.82, 2.24) is 24.5 Å². The number of tetrazole rings is 1. The van der Waals surface area contributed by atoms with Crippen molar-refractivity contribution in [2.24, 2.45) is 7.05 Å². The lowest BCUT2D eigenvalue weighted by Crippen LogP contribution is -2.27. The molecule has 1 amide bonds. The third-order valence-electron chi connectivity index (χ3n) is 3.75. The third kappa shape index (κ3) is 4.17. The molecule has 1 aliphatic rings. The van der Waals surface area contributed by atoms with Crippen LogP contribution in [0, 0.1) is 0 Å². The first kappa shape index (κ1) is 17.8. The van der Waals surface area contributed by atoms with Gasteiger partial charge in [0.1, 0.15) is 0 Å². The molecule has 1 aromatic carbocycles. The number of nitrogens with one attached hydrogen (secondary N) is 1. The average Bonchev–Trinajstić information content (AvgIpc) is 3.25. The van der Waals surface area contributed by atoms with E-state index in [1.807, 2.05) is 0 Å². The van der Waals surface area contributed by atoms with E-state index in [-0.39, 0.29) is 16.6 Å². The molecule has 0 spiro atoms. The van der Waals surface area contributed by atoms with Crippen molar-refractivity contribution >= 4 is 33.4 Å². The van der Waals surface area contributed by atoms with E-state index >= 15 is 0 Å². The van der Waals surface area contributed by atoms with Crippen LogP contribution in [-0.2, 0) is 21.9 Å². The molecular weight excluding hydrogens is 364 g/mol. The quantitative estimate of drug-likeness (QED) is 0.733. The number of amides is 1. The van der Waals surface area contributed by atoms with Crippen molar-refractivity contribution in [2.45, 2.75) is 22.9 Å². The number of carbonyl (C=O) groups is 1. The summed E-state index contributed by atoms with van der Waals surface area (Å²) in [6, 6.07) is 6.22. The van der Waals surface area contributed by atoms with Gasteiger partial charge >= 0.3 is 0 Å². The van der Waals surface area contributed by atoms with Crippen molar-refractivity contribution in [3.63, 3.8) is 0 Å². The summed E-state index contributed by atoms with van der Waals surface area (Å²) in [6.07, 6.45) is 1.79. The van der Waals surface area contributed by atoms with Gasteiger partial charge in [-0.25, -0.2) is 13.1 Å². The van der Waals surface area contributed by atoms with E-state index in [1.165, 1.54) is 32.9 Å². The number of aromatic nitrogens is 4. The molecule has 134 valence electrons. The van der Waals surface area contributed by atoms with Gasteiger partial charge < -0.3 is 5.32 Å². The lowest BCUT2D eigenvalue weighted by Gasteiger charge is -2.15. The Morgan fingerprint density at radius 3 is 2.52 bits per heavy atom. The molecule has 25 heavy (non-hydrogen) atoms. The Morgan fingerprint density at radius 2 is 1.92 bits per heavy atom. The summed E-state index contributed by atoms with van der Waals surface area (Å²) in [7, 11) is -1.74. The molecule has 2 aromatic rings. The number of sulfonamides is 1. The van der Waals surface area contributed by atoms with Gasteiger partial charge in [-0.2, -0.15) is 4.31 Å². The molecule has 0 radical (unpaired) electrons. The molecule has 9 nitrogen and oxygen atoms in total. The molecule has 1 N–H and O–H groups in total. The van der Waals surface area contributed by atoms with Gasteiger partial charge in [-0.05, 0) is 47.5 Å². The maximum absolute atomic E-state index is 12.4. The maximum atomic E-state index is 12.4. The van der Waals surface area contributed by atoms with E-state index < -0.39 is 10.0 Å². The molecule has 0 unspecified atom stereocenters. The zero-order valence-corrected chi connectivity index (χ0v) is 15.3. The van der Waals surface area contributed by atoms with E-state index in [0.29, 0.717) is 23.9 Å². The van der Waals surface area contributed by atoms with E-state index in [4.69, 9.17) is 0 Å². The Morgan fingerprint density at radius 1 is 1.24 bits per heavy atom. The van der Waals surface area contributed by atoms with Crippen LogP contribution in [0.15, 0.2) is 34.3 Å². The topological polar surface area (TPSA) is 110 Å². The minimum atomic E-state index is -3.44. The van der Waals surface area contributed by atoms with Crippen molar-refractivity contribution in [3.05, 3.63) is 24.3 Å². The zero-order valence-electron chi connectivity index (χ0n) is 13.6. The second-order valence-corrected chi connectivity index (χ2v) is 8.44. The SMILES string of the molecule is Cn1nnnc1SCC(=O)Nc1ccc(S(=O)(=O)N2CCCC2)cc1. The second kappa shape index (κ2) is 7.50. The summed E-state index contributed by atoms with van der Waals surface area (Å²) < 4.78 is 27.9. The number of hydrogen-bond donors (Lipinski definition) is 1. The molecule has 0 saturated carbocycles. The highest BCUT2D eigenvalue weighted by Gasteiger charge is 2.26. The smallest absolute Gasteiger partial charge is 0.243 e. The number of thioether (sulfide) groups is 1. The molecule has 1 saturated heterocycles. The molecule has 2 heterocycles. The standard InChI is InChI=1S/C14H18N6O3S2/c1-19-14(16-17-18-19)24-10-13(21)15-11-4-6-12(7-5-11)25(22,23)20-8-2-3-9-20/h4-7H,2-3,8-10H2,1H3,(H,15,21). The van der Waals surface area contributed by atoms with Crippen LogP contribution in [0.2, 0.25) is 0 Å². The summed E-state index contributed by atoms with van der Waals surface area (Å²) in [5, 5.41) is 14.2. The lowest BCUT2D eigenvalue weighted by molar-refractivity contribution is -0.113. The van der Waals surface area contributed by atoms with Crippen LogP contribution in [0.5, 0.6) is 0 Å². The number of rotatable bonds is 6. The van der Waals surface area contributed by atoms with Gasteiger partial charge in [0.15, 0.2) is 0 Å². The first-order valence-electron chi connectivity index (χ1n) is 7.72. The molecule has 3 rings (SSSR count). The lowest BCUT2D eigenvalue weighted by atomic mass is 10.3. The third-order valence-corrected chi connectivity index (χ3v) is 6.68. The average molecular weight is 382 g/mol. The molecule has 0 atom stereocenters. The van der Waals surface area contributed by atoms with Crippen LogP contribution >= 0.6 is 11.8 Å². The van der Waals surface area contributed by atoms with Gasteiger partial charge in [-0.3, -0.25) is 4.79 Å². The van der Waals surface area contributed by atoms with Crippen LogP contribution in [0.25, 0.3) is 0 Å². The Kier molecular flexibility index (Phi) is 5.35. The predicted octanol–water partition coefficient (Wildman–Crippen LogP) is 0.725. The number of carbonyl (C=O) groups excluding carboxylic acids is 1. The van der Waals surface area contributed by atoms with Crippen LogP contribution in [0.3, 0.4) is 0 Å². The first-order chi connectivity index (χ1) is 12.0. The number of nitrogens with zero attached hydrogens (tertiary/aromatic N) is 5. The van der Waals surface area contributed by atoms with Crippen LogP contribution in [0.4, 0.5) is 5.69 Å². The fraction of sp³-hybridized carbons (Fsp3) is 0.429. The minimum Gasteiger partial charge on any atom is -0.325 e. The van der Waals surface area contributed by atoms with E-state index in [1.54, 1.807) is 19.2 Å². The van der Waals surface area contributed by atoms with Crippen molar-refractivity contribution in [1.29, 1.82) is 0 Å². The fourth-order valence-corrected chi connectivity index (χ4v) is 4.63. The summed E-state index contributed by atoms with van der Waals surface area (Å²) >= 11 is 1.22. The van der Waals surface area contributed by atoms with Crippen molar-refractivity contribution in [3.8, 4) is 0 Å². The van der Waals surface area contributed by atoms with Gasteiger partial charge in [-0.1, -0.05) is 11.8 Å². The van der Waals surface area contributed by atoms with E-state index in [0.717, 1.165) is 12.8 Å². The van der Waals surface area contributed by atoms with E-state index in [9.17, 15) is 13.2 Å². The maximum Gasteiger partial charge on any atom is 0.243 e. The molecule has 11 heteroatoms. The fourth-order valence-electron chi connectivity index (χ4n) is 2.46. The molecular formula is C14H18N6O3S2. The molecule has 1 aromatic heterocycles. The second-order valence-electron chi connectivity index (χ2n) is 5.56. The van der Waals surface area contributed by atoms with Gasteiger partial charge in [0.2, 0.25) is 21.1 Å². The number of aryl methyl sites for hydroxylation is 1. The summed E-state index contributed by atoms with van der Waals surface area (Å²) in [5.41, 5.74) is 0.544. The van der Waals surface area contributed by atoms with Crippen molar-refractivity contribution < 1.29 is 13.2 Å². The predicted molar refractivity (Wildman–Crippen MR) is 92.6 cm³/mol. The Balaban J connectivity index is 1.58. The summed E-state index contributed by atoms with van der Waals surface area (Å²) in [4.78, 5) is 12.2. The molecule has 0 bridgehead atoms. The first-order valence-corrected chi connectivity index (χ1v) is 10.1. The highest BCUT2D eigenvalue weighted by Crippen LogP contribution is 2.22. The van der Waals surface area contributed by atoms with Gasteiger partial charge in [0, 0.05) is 25.8 Å². The molecule has 0 aliphatic carbocycles. The number of benzene rings is 1. The Bertz CT molecular complexity index is 844. The highest BCUT2D eigenvalue weighted by molar-refractivity contribution is 7.99. The van der Waals surface area contributed by atoms with Gasteiger partial charge in [0.05, 0.1) is 10.6 Å². The minimum absolute atomic E-state index is 0.155. The van der Waals surface area contributed by atoms with Crippen LogP contribution < -0.4 is 5.32 Å². The van der Waals surface area contributed by atoms with Crippen molar-refractivity contribution in [2.75, 3.05) is 24.2 Å². The highest BCUT2D eigenvalue weighted by atomic mass is 32.2. The summed E-state index contributed by atoms with van der Waals surface area (Å²) in [6.45, 7) is 1.13. The van der Waals surface area contributed by atoms with E-state index in [2.05, 4.69) is 20.8 Å². The Labute approximate surface area is 149 Å². The monoisotopic (exact) mass is 382 g/mol. The number of hydrogen-bond acceptors (Lipinski definition) is 7. The zero-order chi connectivity index (χ0) is 17.9. The van der Waals surface area contributed by atoms with Crippen LogP contribution in [-0.4, -0.2) is 57.7 Å². The van der Waals surface area contributed by atoms with Crippen LogP contribution in [0.1, 0.15) is 12.8 Å². The molecule has 1 aliphatic heterocycles. The van der Waals surface area contributed by atoms with Gasteiger partial charge in [0.25, 0.3) is 0 Å².